The van der Waals surface area contributed by atoms with Gasteiger partial charge in [0.05, 0.1) is 5.97 Å². The second-order valence-electron chi connectivity index (χ2n) is 2.40. The molecule has 0 bridgehead atoms. The van der Waals surface area contributed by atoms with E-state index in [0.29, 0.717) is 0 Å². The molecule has 0 saturated heterocycles. The second-order valence-corrected chi connectivity index (χ2v) is 2.40. The van der Waals surface area contributed by atoms with E-state index in [4.69, 9.17) is 0 Å². The highest BCUT2D eigenvalue weighted by atomic mass is 16.4. The zero-order valence-electron chi connectivity index (χ0n) is 6.90. The summed E-state index contributed by atoms with van der Waals surface area (Å²) in [6.07, 6.45) is 1.29. The second kappa shape index (κ2) is 3.66. The normalized spacial score (nSPS) is 9.31. The van der Waals surface area contributed by atoms with Gasteiger partial charge in [0.15, 0.2) is 0 Å². The Morgan fingerprint density at radius 3 is 2.77 bits per heavy atom. The van der Waals surface area contributed by atoms with E-state index in [1.54, 1.807) is 0 Å². The molecule has 1 aromatic heterocycles. The minimum absolute atomic E-state index is 0.0150. The maximum absolute atomic E-state index is 10.6. The Bertz CT molecular complexity index is 349. The first kappa shape index (κ1) is 9.18. The molecule has 1 N–H and O–H groups in total. The van der Waals surface area contributed by atoms with Crippen LogP contribution in [0.15, 0.2) is 18.3 Å². The van der Waals surface area contributed by atoms with Crippen LogP contribution < -0.4 is 10.4 Å². The van der Waals surface area contributed by atoms with Gasteiger partial charge in [-0.1, -0.05) is 0 Å². The van der Waals surface area contributed by atoms with Crippen molar-refractivity contribution in [3.05, 3.63) is 23.9 Å². The van der Waals surface area contributed by atoms with Gasteiger partial charge < -0.3 is 15.2 Å². The zero-order valence-corrected chi connectivity index (χ0v) is 6.90. The number of carbonyl (C=O) groups excluding carboxylic acids is 2. The number of carboxylic acids is 1. The quantitative estimate of drug-likeness (QED) is 0.657. The number of hydrogen-bond donors (Lipinski definition) is 1. The van der Waals surface area contributed by atoms with Crippen LogP contribution in [0.25, 0.3) is 0 Å². The number of carboxylic acid groups (broad SMARTS) is 1. The molecule has 1 amide bonds. The predicted octanol–water partition coefficient (Wildman–Crippen LogP) is -0.597. The molecule has 1 heterocycles. The third kappa shape index (κ3) is 2.55. The SMILES string of the molecule is CC(=O)Nc1cc(C(=O)[O-])ccn1. The molecule has 0 aromatic carbocycles. The van der Waals surface area contributed by atoms with Crippen LogP contribution in [0, 0.1) is 0 Å². The van der Waals surface area contributed by atoms with Gasteiger partial charge in [-0.15, -0.1) is 0 Å². The molecule has 0 atom stereocenters. The monoisotopic (exact) mass is 179 g/mol. The van der Waals surface area contributed by atoms with E-state index in [9.17, 15) is 14.7 Å². The van der Waals surface area contributed by atoms with E-state index in [-0.39, 0.29) is 17.3 Å². The number of aromatic nitrogens is 1. The third-order valence-corrected chi connectivity index (χ3v) is 1.30. The first-order chi connectivity index (χ1) is 6.09. The van der Waals surface area contributed by atoms with Gasteiger partial charge in [0.2, 0.25) is 5.91 Å². The van der Waals surface area contributed by atoms with Crippen molar-refractivity contribution in [3.63, 3.8) is 0 Å². The zero-order chi connectivity index (χ0) is 9.84. The molecule has 5 nitrogen and oxygen atoms in total. The molecule has 0 spiro atoms. The maximum Gasteiger partial charge on any atom is 0.222 e. The van der Waals surface area contributed by atoms with Gasteiger partial charge in [-0.3, -0.25) is 4.79 Å². The highest BCUT2D eigenvalue weighted by molar-refractivity contribution is 5.90. The number of nitrogens with zero attached hydrogens (tertiary/aromatic N) is 1. The number of anilines is 1. The van der Waals surface area contributed by atoms with Crippen molar-refractivity contribution in [2.45, 2.75) is 6.92 Å². The van der Waals surface area contributed by atoms with E-state index < -0.39 is 5.97 Å². The molecule has 0 fully saturated rings. The molecule has 0 radical (unpaired) electrons. The first-order valence-corrected chi connectivity index (χ1v) is 3.54. The van der Waals surface area contributed by atoms with Gasteiger partial charge in [0, 0.05) is 18.7 Å². The number of carbonyl (C=O) groups is 2. The lowest BCUT2D eigenvalue weighted by Crippen LogP contribution is -2.22. The van der Waals surface area contributed by atoms with Crippen molar-refractivity contribution in [3.8, 4) is 0 Å². The van der Waals surface area contributed by atoms with Crippen LogP contribution in [-0.2, 0) is 4.79 Å². The van der Waals surface area contributed by atoms with Crippen molar-refractivity contribution < 1.29 is 14.7 Å². The average molecular weight is 179 g/mol. The minimum atomic E-state index is -1.30. The van der Waals surface area contributed by atoms with Crippen LogP contribution >= 0.6 is 0 Å². The summed E-state index contributed by atoms with van der Waals surface area (Å²) in [5.74, 6) is -1.40. The van der Waals surface area contributed by atoms with E-state index >= 15 is 0 Å². The van der Waals surface area contributed by atoms with E-state index in [2.05, 4.69) is 10.3 Å². The Kier molecular flexibility index (Phi) is 2.59. The standard InChI is InChI=1S/C8H8N2O3/c1-5(11)10-7-4-6(8(12)13)2-3-9-7/h2-4H,1H3,(H,12,13)(H,9,10,11)/p-1. The minimum Gasteiger partial charge on any atom is -0.545 e. The Morgan fingerprint density at radius 1 is 1.54 bits per heavy atom. The van der Waals surface area contributed by atoms with Crippen LogP contribution in [0.4, 0.5) is 5.82 Å². The van der Waals surface area contributed by atoms with Gasteiger partial charge >= 0.3 is 0 Å². The van der Waals surface area contributed by atoms with Crippen LogP contribution in [0.5, 0.6) is 0 Å². The molecule has 68 valence electrons. The lowest BCUT2D eigenvalue weighted by atomic mass is 10.2. The fourth-order valence-electron chi connectivity index (χ4n) is 0.806. The van der Waals surface area contributed by atoms with Crippen molar-refractivity contribution in [1.29, 1.82) is 0 Å². The van der Waals surface area contributed by atoms with Crippen molar-refractivity contribution >= 4 is 17.7 Å². The van der Waals surface area contributed by atoms with Crippen LogP contribution in [-0.4, -0.2) is 16.9 Å². The predicted molar refractivity (Wildman–Crippen MR) is 42.9 cm³/mol. The Morgan fingerprint density at radius 2 is 2.23 bits per heavy atom. The van der Waals surface area contributed by atoms with Crippen LogP contribution in [0.2, 0.25) is 0 Å². The number of amides is 1. The smallest absolute Gasteiger partial charge is 0.222 e. The van der Waals surface area contributed by atoms with Gasteiger partial charge in [0.25, 0.3) is 0 Å². The van der Waals surface area contributed by atoms with Crippen molar-refractivity contribution in [1.82, 2.24) is 4.98 Å². The number of pyridine rings is 1. The first-order valence-electron chi connectivity index (χ1n) is 3.54. The fourth-order valence-corrected chi connectivity index (χ4v) is 0.806. The van der Waals surface area contributed by atoms with Gasteiger partial charge in [-0.25, -0.2) is 4.98 Å². The van der Waals surface area contributed by atoms with Crippen molar-refractivity contribution in [2.75, 3.05) is 5.32 Å². The summed E-state index contributed by atoms with van der Waals surface area (Å²) in [5.41, 5.74) is -0.0150. The van der Waals surface area contributed by atoms with Gasteiger partial charge in [-0.05, 0) is 12.1 Å². The maximum atomic E-state index is 10.6. The highest BCUT2D eigenvalue weighted by Gasteiger charge is 1.98. The number of rotatable bonds is 2. The molecule has 0 unspecified atom stereocenters. The topological polar surface area (TPSA) is 82.1 Å². The van der Waals surface area contributed by atoms with Crippen LogP contribution in [0.3, 0.4) is 0 Å². The number of aromatic carboxylic acids is 1. The summed E-state index contributed by atoms with van der Waals surface area (Å²) in [6, 6.07) is 2.53. The van der Waals surface area contributed by atoms with E-state index in [1.165, 1.54) is 25.3 Å². The van der Waals surface area contributed by atoms with Crippen molar-refractivity contribution in [2.24, 2.45) is 0 Å². The Hall–Kier alpha value is -1.91. The fraction of sp³-hybridized carbons (Fsp3) is 0.125. The number of nitrogens with one attached hydrogen (secondary N) is 1. The summed E-state index contributed by atoms with van der Waals surface area (Å²) >= 11 is 0. The van der Waals surface area contributed by atoms with Crippen LogP contribution in [0.1, 0.15) is 17.3 Å². The molecule has 0 saturated carbocycles. The molecule has 0 aliphatic heterocycles. The van der Waals surface area contributed by atoms with E-state index in [0.717, 1.165) is 0 Å². The molecule has 1 aromatic rings. The Labute approximate surface area is 74.4 Å². The third-order valence-electron chi connectivity index (χ3n) is 1.30. The summed E-state index contributed by atoms with van der Waals surface area (Å²) < 4.78 is 0. The van der Waals surface area contributed by atoms with Gasteiger partial charge in [-0.2, -0.15) is 0 Å². The van der Waals surface area contributed by atoms with Gasteiger partial charge in [0.1, 0.15) is 5.82 Å². The molecular weight excluding hydrogens is 172 g/mol. The molecule has 5 heteroatoms. The summed E-state index contributed by atoms with van der Waals surface area (Å²) in [7, 11) is 0. The lowest BCUT2D eigenvalue weighted by Gasteiger charge is -2.04. The van der Waals surface area contributed by atoms with E-state index in [1.807, 2.05) is 0 Å². The molecule has 13 heavy (non-hydrogen) atoms. The largest absolute Gasteiger partial charge is 0.545 e. The molecular formula is C8H7N2O3-. The molecule has 1 rings (SSSR count). The summed E-state index contributed by atoms with van der Waals surface area (Å²) in [6.45, 7) is 1.31. The summed E-state index contributed by atoms with van der Waals surface area (Å²) in [4.78, 5) is 24.7. The highest BCUT2D eigenvalue weighted by Crippen LogP contribution is 2.05. The Balaban J connectivity index is 2.91. The summed E-state index contributed by atoms with van der Waals surface area (Å²) in [5, 5.41) is 12.7. The molecule has 0 aliphatic carbocycles. The molecule has 0 aliphatic rings. The average Bonchev–Trinajstić information content (AvgIpc) is 2.03. The number of hydrogen-bond acceptors (Lipinski definition) is 4. The lowest BCUT2D eigenvalue weighted by molar-refractivity contribution is -0.255.